The summed E-state index contributed by atoms with van der Waals surface area (Å²) in [4.78, 5) is 11.5. The molecule has 0 unspecified atom stereocenters. The fraction of sp³-hybridized carbons (Fsp3) is 0.417. The Hall–Kier alpha value is -1.36. The molecule has 0 N–H and O–H groups in total. The van der Waals surface area contributed by atoms with Crippen LogP contribution in [-0.2, 0) is 15.4 Å². The number of carbonyl (C=O) groups is 1. The molecule has 0 aliphatic rings. The van der Waals surface area contributed by atoms with Gasteiger partial charge in [-0.2, -0.15) is 0 Å². The molecule has 1 aromatic rings. The summed E-state index contributed by atoms with van der Waals surface area (Å²) in [5.74, 6) is -0.729. The van der Waals surface area contributed by atoms with Crippen LogP contribution in [0.2, 0.25) is 0 Å². The zero-order valence-corrected chi connectivity index (χ0v) is 11.2. The molecule has 1 amide bonds. The quantitative estimate of drug-likeness (QED) is 0.806. The minimum Gasteiger partial charge on any atom is -0.266 e. The standard InChI is InChI=1S/C12H16NO3S/c1-12(2,3)10-7-5-9(6-8-10)11(14)13-17(4,15)16/h5-8H,1-4H3. The first-order valence-electron chi connectivity index (χ1n) is 5.17. The van der Waals surface area contributed by atoms with Crippen molar-refractivity contribution in [1.29, 1.82) is 0 Å². The predicted molar refractivity (Wildman–Crippen MR) is 66.5 cm³/mol. The zero-order chi connectivity index (χ0) is 13.3. The van der Waals surface area contributed by atoms with E-state index in [0.29, 0.717) is 0 Å². The Labute approximate surface area is 102 Å². The summed E-state index contributed by atoms with van der Waals surface area (Å²) in [5, 5.41) is 0. The van der Waals surface area contributed by atoms with E-state index in [2.05, 4.69) is 25.5 Å². The van der Waals surface area contributed by atoms with Gasteiger partial charge in [-0.1, -0.05) is 32.9 Å². The number of nitrogens with zero attached hydrogens (tertiary/aromatic N) is 1. The van der Waals surface area contributed by atoms with Crippen LogP contribution >= 0.6 is 0 Å². The van der Waals surface area contributed by atoms with E-state index in [4.69, 9.17) is 0 Å². The van der Waals surface area contributed by atoms with Gasteiger partial charge in [0.1, 0.15) is 0 Å². The zero-order valence-electron chi connectivity index (χ0n) is 10.4. The molecular weight excluding hydrogens is 238 g/mol. The van der Waals surface area contributed by atoms with Gasteiger partial charge >= 0.3 is 0 Å². The van der Waals surface area contributed by atoms with Gasteiger partial charge in [-0.05, 0) is 23.1 Å². The molecule has 0 aromatic heterocycles. The molecule has 0 spiro atoms. The van der Waals surface area contributed by atoms with Crippen LogP contribution in [0.5, 0.6) is 0 Å². The molecule has 1 aromatic carbocycles. The Morgan fingerprint density at radius 1 is 1.12 bits per heavy atom. The summed E-state index contributed by atoms with van der Waals surface area (Å²) >= 11 is 0. The first kappa shape index (κ1) is 13.7. The molecule has 1 radical (unpaired) electrons. The van der Waals surface area contributed by atoms with E-state index in [1.54, 1.807) is 12.1 Å². The molecule has 0 heterocycles. The monoisotopic (exact) mass is 254 g/mol. The van der Waals surface area contributed by atoms with Crippen molar-refractivity contribution in [3.05, 3.63) is 35.4 Å². The van der Waals surface area contributed by atoms with Crippen LogP contribution in [0.25, 0.3) is 0 Å². The molecule has 0 fully saturated rings. The second kappa shape index (κ2) is 4.49. The molecule has 4 nitrogen and oxygen atoms in total. The van der Waals surface area contributed by atoms with E-state index in [9.17, 15) is 13.2 Å². The molecule has 0 bridgehead atoms. The summed E-state index contributed by atoms with van der Waals surface area (Å²) in [7, 11) is -3.63. The third-order valence-electron chi connectivity index (χ3n) is 2.25. The molecule has 17 heavy (non-hydrogen) atoms. The first-order valence-corrected chi connectivity index (χ1v) is 7.02. The Bertz CT molecular complexity index is 510. The molecule has 0 saturated carbocycles. The number of carbonyl (C=O) groups excluding carboxylic acids is 1. The van der Waals surface area contributed by atoms with Crippen LogP contribution in [0.4, 0.5) is 0 Å². The van der Waals surface area contributed by atoms with Crippen LogP contribution in [0.1, 0.15) is 36.7 Å². The maximum atomic E-state index is 11.5. The molecular formula is C12H16NO3S. The molecule has 0 saturated heterocycles. The average molecular weight is 254 g/mol. The topological polar surface area (TPSA) is 65.3 Å². The number of sulfonamides is 1. The Morgan fingerprint density at radius 2 is 1.59 bits per heavy atom. The molecule has 0 aliphatic carbocycles. The minimum absolute atomic E-state index is 0.00441. The minimum atomic E-state index is -3.63. The number of hydrogen-bond donors (Lipinski definition) is 0. The van der Waals surface area contributed by atoms with Crippen molar-refractivity contribution in [2.75, 3.05) is 6.26 Å². The van der Waals surface area contributed by atoms with Crippen LogP contribution in [-0.4, -0.2) is 20.6 Å². The van der Waals surface area contributed by atoms with Gasteiger partial charge in [0, 0.05) is 5.56 Å². The lowest BCUT2D eigenvalue weighted by atomic mass is 9.87. The highest BCUT2D eigenvalue weighted by molar-refractivity contribution is 7.89. The van der Waals surface area contributed by atoms with Gasteiger partial charge in [-0.15, -0.1) is 4.72 Å². The molecule has 93 valence electrons. The van der Waals surface area contributed by atoms with E-state index in [1.165, 1.54) is 0 Å². The summed E-state index contributed by atoms with van der Waals surface area (Å²) in [6, 6.07) is 6.81. The Morgan fingerprint density at radius 3 is 1.94 bits per heavy atom. The lowest BCUT2D eigenvalue weighted by Gasteiger charge is -2.18. The van der Waals surface area contributed by atoms with E-state index in [0.717, 1.165) is 11.8 Å². The van der Waals surface area contributed by atoms with E-state index >= 15 is 0 Å². The predicted octanol–water partition coefficient (Wildman–Crippen LogP) is 1.69. The number of amides is 1. The lowest BCUT2D eigenvalue weighted by molar-refractivity contribution is 0.0978. The van der Waals surface area contributed by atoms with Gasteiger partial charge < -0.3 is 0 Å². The lowest BCUT2D eigenvalue weighted by Crippen LogP contribution is -2.22. The van der Waals surface area contributed by atoms with Crippen LogP contribution in [0.3, 0.4) is 0 Å². The molecule has 1 rings (SSSR count). The van der Waals surface area contributed by atoms with Crippen LogP contribution in [0.15, 0.2) is 24.3 Å². The van der Waals surface area contributed by atoms with Crippen molar-refractivity contribution < 1.29 is 13.2 Å². The largest absolute Gasteiger partial charge is 0.287 e. The van der Waals surface area contributed by atoms with E-state index in [-0.39, 0.29) is 11.0 Å². The molecule has 0 atom stereocenters. The van der Waals surface area contributed by atoms with Crippen molar-refractivity contribution >= 4 is 15.9 Å². The highest BCUT2D eigenvalue weighted by Gasteiger charge is 2.16. The maximum absolute atomic E-state index is 11.5. The second-order valence-electron chi connectivity index (χ2n) is 4.96. The Kier molecular flexibility index (Phi) is 3.62. The van der Waals surface area contributed by atoms with Gasteiger partial charge in [0.2, 0.25) is 0 Å². The normalized spacial score (nSPS) is 12.2. The highest BCUT2D eigenvalue weighted by atomic mass is 32.2. The maximum Gasteiger partial charge on any atom is 0.287 e. The van der Waals surface area contributed by atoms with E-state index in [1.807, 2.05) is 12.1 Å². The molecule has 5 heteroatoms. The van der Waals surface area contributed by atoms with Crippen molar-refractivity contribution in [1.82, 2.24) is 4.72 Å². The average Bonchev–Trinajstić information content (AvgIpc) is 2.14. The third-order valence-corrected chi connectivity index (χ3v) is 2.74. The third kappa shape index (κ3) is 4.19. The number of rotatable bonds is 2. The smallest absolute Gasteiger partial charge is 0.266 e. The van der Waals surface area contributed by atoms with Gasteiger partial charge in [0.05, 0.1) is 6.26 Å². The van der Waals surface area contributed by atoms with Gasteiger partial charge in [0.15, 0.2) is 0 Å². The van der Waals surface area contributed by atoms with Crippen molar-refractivity contribution in [2.24, 2.45) is 0 Å². The fourth-order valence-electron chi connectivity index (χ4n) is 1.32. The summed E-state index contributed by atoms with van der Waals surface area (Å²) in [6.07, 6.45) is 0.897. The number of benzene rings is 1. The van der Waals surface area contributed by atoms with E-state index < -0.39 is 15.9 Å². The fourth-order valence-corrected chi connectivity index (χ4v) is 1.72. The van der Waals surface area contributed by atoms with Crippen molar-refractivity contribution in [3.8, 4) is 0 Å². The van der Waals surface area contributed by atoms with Gasteiger partial charge in [-0.25, -0.2) is 8.42 Å². The van der Waals surface area contributed by atoms with Gasteiger partial charge in [-0.3, -0.25) is 4.79 Å². The molecule has 0 aliphatic heterocycles. The first-order chi connectivity index (χ1) is 7.59. The van der Waals surface area contributed by atoms with Crippen molar-refractivity contribution in [2.45, 2.75) is 26.2 Å². The van der Waals surface area contributed by atoms with Gasteiger partial charge in [0.25, 0.3) is 15.9 Å². The van der Waals surface area contributed by atoms with Crippen LogP contribution < -0.4 is 4.72 Å². The van der Waals surface area contributed by atoms with Crippen molar-refractivity contribution in [3.63, 3.8) is 0 Å². The highest BCUT2D eigenvalue weighted by Crippen LogP contribution is 2.22. The summed E-state index contributed by atoms with van der Waals surface area (Å²) in [6.45, 7) is 6.18. The second-order valence-corrected chi connectivity index (χ2v) is 6.61. The van der Waals surface area contributed by atoms with Crippen LogP contribution in [0, 0.1) is 0 Å². The SMILES string of the molecule is CC(C)(C)c1ccc(C(=O)[N]S(C)(=O)=O)cc1. The summed E-state index contributed by atoms with van der Waals surface area (Å²) < 4.78 is 24.8. The Balaban J connectivity index is 2.93. The number of hydrogen-bond acceptors (Lipinski definition) is 3. The summed E-state index contributed by atoms with van der Waals surface area (Å²) in [5.41, 5.74) is 1.35.